The Morgan fingerprint density at radius 3 is 2.39 bits per heavy atom. The highest BCUT2D eigenvalue weighted by atomic mass is 32.2. The Morgan fingerprint density at radius 2 is 1.80 bits per heavy atom. The number of ketones is 1. The standard InChI is InChI=1S/C27H38F3N5O5S/c1-18(2)8-13-21(36)23-35(33-25(39-23)41-17-16-34(3)4)24(38)32-26(14-6-5-7-15-26)31-22(37)19-9-11-20(12-10-19)40-27(28,29)30/h9-12,18,23H,5-8,13-17H2,1-4H3,(H,31,37)(H,32,38). The highest BCUT2D eigenvalue weighted by molar-refractivity contribution is 8.13. The highest BCUT2D eigenvalue weighted by Gasteiger charge is 2.43. The molecule has 1 unspecified atom stereocenters. The maximum absolute atomic E-state index is 13.6. The van der Waals surface area contributed by atoms with Crippen LogP contribution in [0.5, 0.6) is 5.75 Å². The second-order valence-electron chi connectivity index (χ2n) is 10.8. The summed E-state index contributed by atoms with van der Waals surface area (Å²) in [5, 5.41) is 11.3. The largest absolute Gasteiger partial charge is 0.573 e. The van der Waals surface area contributed by atoms with Crippen LogP contribution in [-0.4, -0.2) is 77.5 Å². The summed E-state index contributed by atoms with van der Waals surface area (Å²) in [5.74, 6) is -0.373. The first kappa shape index (κ1) is 32.5. The molecule has 0 saturated heterocycles. The van der Waals surface area contributed by atoms with Gasteiger partial charge >= 0.3 is 12.4 Å². The molecule has 14 heteroatoms. The van der Waals surface area contributed by atoms with Crippen molar-refractivity contribution >= 4 is 34.7 Å². The van der Waals surface area contributed by atoms with Crippen LogP contribution in [0.3, 0.4) is 0 Å². The molecule has 1 aliphatic heterocycles. The Bertz CT molecular complexity index is 1090. The van der Waals surface area contributed by atoms with Gasteiger partial charge in [0.05, 0.1) is 0 Å². The zero-order chi connectivity index (χ0) is 30.2. The number of halogens is 3. The fraction of sp³-hybridized carbons (Fsp3) is 0.630. The van der Waals surface area contributed by atoms with Gasteiger partial charge in [0.2, 0.25) is 0 Å². The normalized spacial score (nSPS) is 18.6. The SMILES string of the molecule is CC(C)CCC(=O)C1OC(SCCN(C)C)=NN1C(=O)NC1(NC(=O)c2ccc(OC(F)(F)F)cc2)CCCCC1. The molecule has 3 rings (SSSR count). The molecule has 0 radical (unpaired) electrons. The van der Waals surface area contributed by atoms with Crippen molar-refractivity contribution in [2.24, 2.45) is 11.0 Å². The fourth-order valence-corrected chi connectivity index (χ4v) is 5.33. The highest BCUT2D eigenvalue weighted by Crippen LogP contribution is 2.29. The Labute approximate surface area is 242 Å². The van der Waals surface area contributed by atoms with Crippen LogP contribution in [0.4, 0.5) is 18.0 Å². The molecule has 1 atom stereocenters. The fourth-order valence-electron chi connectivity index (χ4n) is 4.39. The van der Waals surface area contributed by atoms with Crippen molar-refractivity contribution in [2.75, 3.05) is 26.4 Å². The summed E-state index contributed by atoms with van der Waals surface area (Å²) in [6.07, 6.45) is -2.01. The van der Waals surface area contributed by atoms with Crippen LogP contribution >= 0.6 is 11.8 Å². The van der Waals surface area contributed by atoms with Gasteiger partial charge in [-0.2, -0.15) is 5.01 Å². The number of rotatable bonds is 11. The average molecular weight is 602 g/mol. The molecule has 1 aromatic carbocycles. The van der Waals surface area contributed by atoms with Crippen molar-refractivity contribution in [3.63, 3.8) is 0 Å². The van der Waals surface area contributed by atoms with Crippen molar-refractivity contribution in [3.8, 4) is 5.75 Å². The molecule has 0 spiro atoms. The Kier molecular flexibility index (Phi) is 11.3. The lowest BCUT2D eigenvalue weighted by molar-refractivity contribution is -0.274. The van der Waals surface area contributed by atoms with Crippen molar-refractivity contribution in [1.29, 1.82) is 0 Å². The van der Waals surface area contributed by atoms with Gasteiger partial charge in [0, 0.05) is 24.3 Å². The molecule has 41 heavy (non-hydrogen) atoms. The van der Waals surface area contributed by atoms with E-state index in [9.17, 15) is 27.6 Å². The third-order valence-electron chi connectivity index (χ3n) is 6.60. The molecule has 10 nitrogen and oxygen atoms in total. The second kappa shape index (κ2) is 14.3. The first-order chi connectivity index (χ1) is 19.3. The van der Waals surface area contributed by atoms with Crippen LogP contribution < -0.4 is 15.4 Å². The third kappa shape index (κ3) is 10.1. The van der Waals surface area contributed by atoms with Gasteiger partial charge in [-0.05, 0) is 76.4 Å². The number of alkyl halides is 3. The topological polar surface area (TPSA) is 113 Å². The molecule has 0 bridgehead atoms. The van der Waals surface area contributed by atoms with E-state index >= 15 is 0 Å². The van der Waals surface area contributed by atoms with E-state index in [1.165, 1.54) is 23.9 Å². The molecule has 1 aromatic rings. The minimum absolute atomic E-state index is 0.0996. The lowest BCUT2D eigenvalue weighted by atomic mass is 9.88. The molecular formula is C27H38F3N5O5S. The van der Waals surface area contributed by atoms with Gasteiger partial charge in [-0.3, -0.25) is 9.59 Å². The van der Waals surface area contributed by atoms with Crippen LogP contribution in [0.2, 0.25) is 0 Å². The first-order valence-corrected chi connectivity index (χ1v) is 14.6. The van der Waals surface area contributed by atoms with Gasteiger partial charge in [-0.15, -0.1) is 18.3 Å². The van der Waals surface area contributed by atoms with E-state index in [2.05, 4.69) is 20.5 Å². The number of hydrogen-bond donors (Lipinski definition) is 2. The number of hydrazone groups is 1. The Morgan fingerprint density at radius 1 is 1.15 bits per heavy atom. The van der Waals surface area contributed by atoms with E-state index in [1.807, 2.05) is 32.8 Å². The van der Waals surface area contributed by atoms with Gasteiger partial charge in [-0.1, -0.05) is 32.0 Å². The van der Waals surface area contributed by atoms with Crippen molar-refractivity contribution < 1.29 is 37.0 Å². The average Bonchev–Trinajstić information content (AvgIpc) is 3.31. The number of nitrogens with zero attached hydrogens (tertiary/aromatic N) is 3. The second-order valence-corrected chi connectivity index (χ2v) is 11.9. The molecule has 2 N–H and O–H groups in total. The predicted molar refractivity (Wildman–Crippen MR) is 149 cm³/mol. The summed E-state index contributed by atoms with van der Waals surface area (Å²) < 4.78 is 47.2. The summed E-state index contributed by atoms with van der Waals surface area (Å²) in [7, 11) is 3.86. The van der Waals surface area contributed by atoms with Gasteiger partial charge in [0.1, 0.15) is 11.4 Å². The number of carbonyl (C=O) groups is 3. The minimum Gasteiger partial charge on any atom is -0.438 e. The molecule has 1 fully saturated rings. The molecule has 1 aliphatic carbocycles. The lowest BCUT2D eigenvalue weighted by Gasteiger charge is -2.39. The summed E-state index contributed by atoms with van der Waals surface area (Å²) in [6.45, 7) is 4.74. The van der Waals surface area contributed by atoms with Gasteiger partial charge in [-0.25, -0.2) is 4.79 Å². The van der Waals surface area contributed by atoms with Crippen LogP contribution in [-0.2, 0) is 9.53 Å². The Hall–Kier alpha value is -3.00. The van der Waals surface area contributed by atoms with Crippen LogP contribution in [0.15, 0.2) is 29.4 Å². The number of hydrogen-bond acceptors (Lipinski definition) is 8. The number of benzene rings is 1. The molecule has 1 saturated carbocycles. The molecule has 2 aliphatic rings. The predicted octanol–water partition coefficient (Wildman–Crippen LogP) is 4.91. The summed E-state index contributed by atoms with van der Waals surface area (Å²) in [6, 6.07) is 3.84. The number of amides is 3. The van der Waals surface area contributed by atoms with Gasteiger partial charge in [0.15, 0.2) is 5.78 Å². The van der Waals surface area contributed by atoms with Crippen LogP contribution in [0.25, 0.3) is 0 Å². The minimum atomic E-state index is -4.85. The van der Waals surface area contributed by atoms with E-state index in [0.29, 0.717) is 25.0 Å². The maximum Gasteiger partial charge on any atom is 0.573 e. The summed E-state index contributed by atoms with van der Waals surface area (Å²) >= 11 is 1.30. The number of urea groups is 1. The smallest absolute Gasteiger partial charge is 0.438 e. The van der Waals surface area contributed by atoms with E-state index in [4.69, 9.17) is 4.74 Å². The molecule has 1 heterocycles. The van der Waals surface area contributed by atoms with Crippen LogP contribution in [0.1, 0.15) is 69.2 Å². The Balaban J connectivity index is 1.76. The maximum atomic E-state index is 13.6. The molecular weight excluding hydrogens is 563 g/mol. The van der Waals surface area contributed by atoms with E-state index < -0.39 is 35.9 Å². The lowest BCUT2D eigenvalue weighted by Crippen LogP contribution is -2.64. The quantitative estimate of drug-likeness (QED) is 0.347. The number of thioether (sulfide) groups is 1. The summed E-state index contributed by atoms with van der Waals surface area (Å²) in [4.78, 5) is 41.7. The molecule has 0 aromatic heterocycles. The van der Waals surface area contributed by atoms with Crippen LogP contribution in [0, 0.1) is 5.92 Å². The number of carbonyl (C=O) groups excluding carboxylic acids is 3. The van der Waals surface area contributed by atoms with Gasteiger partial charge in [0.25, 0.3) is 17.4 Å². The molecule has 228 valence electrons. The first-order valence-electron chi connectivity index (χ1n) is 13.6. The monoisotopic (exact) mass is 601 g/mol. The van der Waals surface area contributed by atoms with E-state index in [-0.39, 0.29) is 28.9 Å². The van der Waals surface area contributed by atoms with E-state index in [1.54, 1.807) is 0 Å². The van der Waals surface area contributed by atoms with Crippen molar-refractivity contribution in [3.05, 3.63) is 29.8 Å². The third-order valence-corrected chi connectivity index (χ3v) is 7.41. The number of Topliss-reactive ketones (excluding diaryl/α,β-unsaturated/α-hetero) is 1. The van der Waals surface area contributed by atoms with E-state index in [0.717, 1.165) is 42.9 Å². The van der Waals surface area contributed by atoms with Crippen molar-refractivity contribution in [2.45, 2.75) is 77.0 Å². The summed E-state index contributed by atoms with van der Waals surface area (Å²) in [5.41, 5.74) is -1.04. The van der Waals surface area contributed by atoms with Gasteiger partial charge < -0.3 is 25.0 Å². The number of nitrogens with one attached hydrogen (secondary N) is 2. The van der Waals surface area contributed by atoms with Crippen molar-refractivity contribution in [1.82, 2.24) is 20.5 Å². The number of ether oxygens (including phenoxy) is 2. The molecule has 3 amide bonds. The zero-order valence-electron chi connectivity index (χ0n) is 23.8. The zero-order valence-corrected chi connectivity index (χ0v) is 24.6.